The topological polar surface area (TPSA) is 158 Å². The van der Waals surface area contributed by atoms with E-state index in [2.05, 4.69) is 4.74 Å². The number of hydrogen-bond donors (Lipinski definition) is 0. The minimum Gasteiger partial charge on any atom is -0.458 e. The molecule has 1 aliphatic rings. The van der Waals surface area contributed by atoms with E-state index < -0.39 is 73.6 Å². The molecule has 33 heavy (non-hydrogen) atoms. The van der Waals surface area contributed by atoms with Crippen molar-refractivity contribution >= 4 is 54.6 Å². The number of nitrogens with zero attached hydrogens (tertiary/aromatic N) is 1. The fraction of sp³-hybridized carbons (Fsp3) is 0.579. The van der Waals surface area contributed by atoms with Crippen molar-refractivity contribution < 1.29 is 45.5 Å². The van der Waals surface area contributed by atoms with Crippen LogP contribution in [0.15, 0.2) is 14.5 Å². The molecular weight excluding hydrogens is 498 g/mol. The quantitative estimate of drug-likeness (QED) is 0.421. The van der Waals surface area contributed by atoms with E-state index in [9.17, 15) is 36.0 Å². The van der Waals surface area contributed by atoms with Crippen LogP contribution < -0.4 is 0 Å². The monoisotopic (exact) mass is 523 g/mol. The molecule has 0 spiro atoms. The summed E-state index contributed by atoms with van der Waals surface area (Å²) in [5, 5.41) is -0.898. The Morgan fingerprint density at radius 2 is 1.70 bits per heavy atom. The SMILES string of the molecule is CCN(C(=O)COC(C)=O)[C@H]1C[C@H](C)S(=O)(=O)c2sc(S(=O)(=O)CC(=O)COC(C)=O)cc21. The van der Waals surface area contributed by atoms with E-state index in [0.717, 1.165) is 13.8 Å². The normalized spacial score (nSPS) is 19.3. The number of carbonyl (C=O) groups excluding carboxylic acids is 4. The summed E-state index contributed by atoms with van der Waals surface area (Å²) in [5.74, 6) is -3.78. The Morgan fingerprint density at radius 3 is 2.24 bits per heavy atom. The molecule has 1 aromatic rings. The standard InChI is InChI=1S/C19H25NO10S3/c1-5-20(17(24)9-30-13(4)22)16-6-11(2)33(27,28)19-15(16)7-18(31-19)32(25,26)10-14(23)8-29-12(3)21/h7,11,16H,5-6,8-10H2,1-4H3/t11-,16-/m0/s1. The van der Waals surface area contributed by atoms with E-state index in [1.54, 1.807) is 6.92 Å². The number of esters is 2. The maximum Gasteiger partial charge on any atom is 0.303 e. The van der Waals surface area contributed by atoms with Crippen LogP contribution in [0, 0.1) is 0 Å². The molecule has 2 rings (SSSR count). The summed E-state index contributed by atoms with van der Waals surface area (Å²) >= 11 is 0.522. The number of ketones is 1. The maximum atomic E-state index is 12.9. The summed E-state index contributed by atoms with van der Waals surface area (Å²) in [7, 11) is -8.09. The van der Waals surface area contributed by atoms with Crippen molar-refractivity contribution in [3.63, 3.8) is 0 Å². The molecule has 1 amide bonds. The molecule has 0 saturated carbocycles. The van der Waals surface area contributed by atoms with Gasteiger partial charge in [-0.1, -0.05) is 0 Å². The van der Waals surface area contributed by atoms with Crippen molar-refractivity contribution in [3.05, 3.63) is 11.6 Å². The van der Waals surface area contributed by atoms with Crippen LogP contribution >= 0.6 is 11.3 Å². The van der Waals surface area contributed by atoms with Gasteiger partial charge in [0.15, 0.2) is 38.7 Å². The Hall–Kier alpha value is -2.32. The minimum absolute atomic E-state index is 0.0244. The number of hydrogen-bond acceptors (Lipinski definition) is 11. The third kappa shape index (κ3) is 6.18. The number of ether oxygens (including phenoxy) is 2. The van der Waals surface area contributed by atoms with Crippen LogP contribution in [0.5, 0.6) is 0 Å². The molecule has 2 heterocycles. The molecule has 0 aliphatic carbocycles. The zero-order valence-electron chi connectivity index (χ0n) is 18.5. The van der Waals surface area contributed by atoms with Gasteiger partial charge in [-0.2, -0.15) is 0 Å². The highest BCUT2D eigenvalue weighted by Crippen LogP contribution is 2.45. The van der Waals surface area contributed by atoms with Crippen LogP contribution in [0.4, 0.5) is 0 Å². The molecule has 0 saturated heterocycles. The summed E-state index contributed by atoms with van der Waals surface area (Å²) in [6.07, 6.45) is 0.0244. The average molecular weight is 524 g/mol. The van der Waals surface area contributed by atoms with E-state index in [1.807, 2.05) is 0 Å². The van der Waals surface area contributed by atoms with Gasteiger partial charge in [-0.15, -0.1) is 11.3 Å². The molecule has 0 unspecified atom stereocenters. The van der Waals surface area contributed by atoms with Crippen molar-refractivity contribution in [2.75, 3.05) is 25.5 Å². The summed E-state index contributed by atoms with van der Waals surface area (Å²) < 4.78 is 60.1. The van der Waals surface area contributed by atoms with Crippen molar-refractivity contribution in [2.24, 2.45) is 0 Å². The lowest BCUT2D eigenvalue weighted by atomic mass is 10.0. The van der Waals surface area contributed by atoms with E-state index >= 15 is 0 Å². The van der Waals surface area contributed by atoms with Gasteiger partial charge in [0, 0.05) is 26.0 Å². The van der Waals surface area contributed by atoms with Crippen LogP contribution in [0.3, 0.4) is 0 Å². The van der Waals surface area contributed by atoms with Crippen molar-refractivity contribution in [3.8, 4) is 0 Å². The fourth-order valence-corrected chi connectivity index (χ4v) is 8.62. The van der Waals surface area contributed by atoms with E-state index in [0.29, 0.717) is 11.3 Å². The second-order valence-corrected chi connectivity index (χ2v) is 13.3. The Bertz CT molecular complexity index is 1170. The van der Waals surface area contributed by atoms with Gasteiger partial charge in [0.25, 0.3) is 5.91 Å². The van der Waals surface area contributed by atoms with Crippen LogP contribution in [-0.4, -0.2) is 76.1 Å². The highest BCUT2D eigenvalue weighted by Gasteiger charge is 2.43. The third-order valence-corrected chi connectivity index (χ3v) is 11.1. The zero-order chi connectivity index (χ0) is 25.1. The lowest BCUT2D eigenvalue weighted by molar-refractivity contribution is -0.151. The van der Waals surface area contributed by atoms with Gasteiger partial charge in [-0.05, 0) is 26.3 Å². The van der Waals surface area contributed by atoms with E-state index in [1.165, 1.54) is 17.9 Å². The highest BCUT2D eigenvalue weighted by molar-refractivity contribution is 7.96. The number of rotatable bonds is 9. The summed E-state index contributed by atoms with van der Waals surface area (Å²) in [6, 6.07) is 0.410. The second kappa shape index (κ2) is 10.3. The molecule has 0 bridgehead atoms. The number of amides is 1. The molecule has 0 radical (unpaired) electrons. The molecule has 184 valence electrons. The molecule has 14 heteroatoms. The van der Waals surface area contributed by atoms with Crippen LogP contribution in [0.25, 0.3) is 0 Å². The Labute approximate surface area is 195 Å². The van der Waals surface area contributed by atoms with E-state index in [-0.39, 0.29) is 26.9 Å². The van der Waals surface area contributed by atoms with Gasteiger partial charge in [-0.25, -0.2) is 16.8 Å². The van der Waals surface area contributed by atoms with Gasteiger partial charge >= 0.3 is 11.9 Å². The number of sulfone groups is 2. The summed E-state index contributed by atoms with van der Waals surface area (Å²) in [4.78, 5) is 47.8. The van der Waals surface area contributed by atoms with Crippen LogP contribution in [-0.2, 0) is 48.3 Å². The zero-order valence-corrected chi connectivity index (χ0v) is 21.0. The lowest BCUT2D eigenvalue weighted by Gasteiger charge is -2.35. The van der Waals surface area contributed by atoms with Crippen LogP contribution in [0.1, 0.15) is 45.7 Å². The van der Waals surface area contributed by atoms with Gasteiger partial charge < -0.3 is 14.4 Å². The van der Waals surface area contributed by atoms with E-state index in [4.69, 9.17) is 4.74 Å². The predicted octanol–water partition coefficient (Wildman–Crippen LogP) is 0.673. The third-order valence-electron chi connectivity index (χ3n) is 4.93. The van der Waals surface area contributed by atoms with Gasteiger partial charge in [-0.3, -0.25) is 19.2 Å². The first-order chi connectivity index (χ1) is 15.2. The molecule has 11 nitrogen and oxygen atoms in total. The summed E-state index contributed by atoms with van der Waals surface area (Å²) in [6.45, 7) is 4.26. The Kier molecular flexibility index (Phi) is 8.41. The average Bonchev–Trinajstić information content (AvgIpc) is 3.17. The number of likely N-dealkylation sites (N-methyl/N-ethyl adjacent to an activating group) is 1. The van der Waals surface area contributed by atoms with Crippen molar-refractivity contribution in [1.29, 1.82) is 0 Å². The van der Waals surface area contributed by atoms with Gasteiger partial charge in [0.2, 0.25) is 0 Å². The molecule has 1 aliphatic heterocycles. The van der Waals surface area contributed by atoms with Gasteiger partial charge in [0.1, 0.15) is 14.2 Å². The summed E-state index contributed by atoms with van der Waals surface area (Å²) in [5.41, 5.74) is 0.141. The number of thiophene rings is 1. The first kappa shape index (κ1) is 26.9. The molecule has 2 atom stereocenters. The lowest BCUT2D eigenvalue weighted by Crippen LogP contribution is -2.42. The van der Waals surface area contributed by atoms with Crippen LogP contribution in [0.2, 0.25) is 0 Å². The molecule has 0 aromatic carbocycles. The number of carbonyl (C=O) groups is 4. The molecule has 1 aromatic heterocycles. The Morgan fingerprint density at radius 1 is 1.12 bits per heavy atom. The highest BCUT2D eigenvalue weighted by atomic mass is 32.3. The second-order valence-electron chi connectivity index (χ2n) is 7.45. The first-order valence-electron chi connectivity index (χ1n) is 9.89. The Balaban J connectivity index is 2.45. The maximum absolute atomic E-state index is 12.9. The van der Waals surface area contributed by atoms with Crippen molar-refractivity contribution in [2.45, 2.75) is 53.8 Å². The fourth-order valence-electron chi connectivity index (χ4n) is 3.34. The van der Waals surface area contributed by atoms with Gasteiger partial charge in [0.05, 0.1) is 11.3 Å². The smallest absolute Gasteiger partial charge is 0.303 e. The van der Waals surface area contributed by atoms with Crippen molar-refractivity contribution in [1.82, 2.24) is 4.90 Å². The predicted molar refractivity (Wildman–Crippen MR) is 116 cm³/mol. The number of fused-ring (bicyclic) bond motifs is 1. The number of Topliss-reactive ketones (excluding diaryl/α,β-unsaturated/α-hetero) is 1. The largest absolute Gasteiger partial charge is 0.458 e. The molecule has 0 N–H and O–H groups in total. The minimum atomic E-state index is -4.23. The molecular formula is C19H25NO10S3. The molecule has 0 fully saturated rings. The first-order valence-corrected chi connectivity index (χ1v) is 13.9.